The minimum Gasteiger partial charge on any atom is -0.507 e. The third-order valence-corrected chi connectivity index (χ3v) is 6.12. The summed E-state index contributed by atoms with van der Waals surface area (Å²) in [6.45, 7) is 0. The van der Waals surface area contributed by atoms with Crippen molar-refractivity contribution in [1.29, 1.82) is 0 Å². The van der Waals surface area contributed by atoms with Gasteiger partial charge in [0.15, 0.2) is 11.5 Å². The van der Waals surface area contributed by atoms with Crippen molar-refractivity contribution < 1.29 is 28.9 Å². The monoisotopic (exact) mass is 485 g/mol. The number of ether oxygens (including phenoxy) is 3. The molecule has 1 atom stereocenters. The van der Waals surface area contributed by atoms with Crippen LogP contribution in [0.4, 0.5) is 5.95 Å². The van der Waals surface area contributed by atoms with Gasteiger partial charge in [-0.2, -0.15) is 0 Å². The van der Waals surface area contributed by atoms with E-state index in [-0.39, 0.29) is 17.3 Å². The first-order chi connectivity index (χ1) is 17.5. The summed E-state index contributed by atoms with van der Waals surface area (Å²) in [6.07, 6.45) is 0. The van der Waals surface area contributed by atoms with E-state index in [0.717, 1.165) is 0 Å². The van der Waals surface area contributed by atoms with Crippen molar-refractivity contribution in [2.45, 2.75) is 6.04 Å². The molecule has 0 radical (unpaired) electrons. The molecule has 0 bridgehead atoms. The zero-order valence-electron chi connectivity index (χ0n) is 19.8. The van der Waals surface area contributed by atoms with E-state index >= 15 is 0 Å². The number of aromatic nitrogens is 2. The number of hydrogen-bond donors (Lipinski definition) is 2. The Labute approximate surface area is 206 Å². The quantitative estimate of drug-likeness (QED) is 0.239. The second-order valence-electron chi connectivity index (χ2n) is 8.09. The number of carbonyl (C=O) groups excluding carboxylic acids is 2. The average molecular weight is 485 g/mol. The van der Waals surface area contributed by atoms with E-state index in [1.165, 1.54) is 26.2 Å². The minimum absolute atomic E-state index is 0.0825. The molecular formula is C27H23N3O6. The van der Waals surface area contributed by atoms with Crippen molar-refractivity contribution in [3.05, 3.63) is 83.4 Å². The van der Waals surface area contributed by atoms with Crippen LogP contribution in [0.1, 0.15) is 17.2 Å². The van der Waals surface area contributed by atoms with Gasteiger partial charge in [0.05, 0.1) is 44.0 Å². The number of benzene rings is 3. The van der Waals surface area contributed by atoms with Crippen LogP contribution in [0.3, 0.4) is 0 Å². The smallest absolute Gasteiger partial charge is 0.302 e. The number of aromatic amines is 1. The van der Waals surface area contributed by atoms with E-state index in [0.29, 0.717) is 39.4 Å². The van der Waals surface area contributed by atoms with Crippen molar-refractivity contribution in [2.24, 2.45) is 0 Å². The van der Waals surface area contributed by atoms with E-state index in [2.05, 4.69) is 9.97 Å². The Balaban J connectivity index is 1.75. The van der Waals surface area contributed by atoms with Gasteiger partial charge in [-0.15, -0.1) is 0 Å². The number of nitrogens with zero attached hydrogens (tertiary/aromatic N) is 2. The molecule has 1 aliphatic rings. The lowest BCUT2D eigenvalue weighted by Crippen LogP contribution is -2.30. The number of aliphatic hydroxyl groups excluding tert-OH is 1. The van der Waals surface area contributed by atoms with Crippen LogP contribution in [0, 0.1) is 0 Å². The summed E-state index contributed by atoms with van der Waals surface area (Å²) < 4.78 is 16.1. The number of methoxy groups -OCH3 is 3. The Bertz CT molecular complexity index is 1490. The molecule has 1 unspecified atom stereocenters. The van der Waals surface area contributed by atoms with E-state index in [9.17, 15) is 14.7 Å². The summed E-state index contributed by atoms with van der Waals surface area (Å²) in [5.41, 5.74) is 2.11. The number of ketones is 1. The second kappa shape index (κ2) is 9.10. The van der Waals surface area contributed by atoms with E-state index in [1.54, 1.807) is 48.5 Å². The molecule has 9 nitrogen and oxygen atoms in total. The van der Waals surface area contributed by atoms with E-state index < -0.39 is 17.7 Å². The van der Waals surface area contributed by atoms with Gasteiger partial charge >= 0.3 is 5.91 Å². The van der Waals surface area contributed by atoms with Gasteiger partial charge in [0.25, 0.3) is 5.78 Å². The number of Topliss-reactive ketones (excluding diaryl/α,β-unsaturated/α-hetero) is 1. The molecule has 1 saturated heterocycles. The van der Waals surface area contributed by atoms with Gasteiger partial charge in [0.1, 0.15) is 11.5 Å². The molecule has 5 rings (SSSR count). The first-order valence-corrected chi connectivity index (χ1v) is 11.1. The van der Waals surface area contributed by atoms with Crippen LogP contribution < -0.4 is 19.1 Å². The summed E-state index contributed by atoms with van der Waals surface area (Å²) in [5.74, 6) is -0.420. The number of hydrogen-bond acceptors (Lipinski definition) is 7. The highest BCUT2D eigenvalue weighted by Gasteiger charge is 2.48. The first kappa shape index (κ1) is 23.0. The lowest BCUT2D eigenvalue weighted by molar-refractivity contribution is -0.132. The Kier molecular flexibility index (Phi) is 5.81. The van der Waals surface area contributed by atoms with Crippen molar-refractivity contribution >= 4 is 34.4 Å². The molecule has 2 heterocycles. The van der Waals surface area contributed by atoms with E-state index in [4.69, 9.17) is 14.2 Å². The van der Waals surface area contributed by atoms with Gasteiger partial charge in [-0.25, -0.2) is 4.98 Å². The molecule has 1 amide bonds. The Morgan fingerprint density at radius 3 is 2.42 bits per heavy atom. The fourth-order valence-electron chi connectivity index (χ4n) is 4.37. The Morgan fingerprint density at radius 1 is 0.917 bits per heavy atom. The molecule has 1 fully saturated rings. The zero-order chi connectivity index (χ0) is 25.4. The van der Waals surface area contributed by atoms with Crippen LogP contribution in [0.5, 0.6) is 17.2 Å². The molecule has 0 spiro atoms. The molecule has 2 N–H and O–H groups in total. The molecule has 0 aliphatic carbocycles. The van der Waals surface area contributed by atoms with Gasteiger partial charge < -0.3 is 24.3 Å². The normalized spacial score (nSPS) is 17.0. The molecule has 36 heavy (non-hydrogen) atoms. The van der Waals surface area contributed by atoms with Gasteiger partial charge in [0.2, 0.25) is 5.95 Å². The average Bonchev–Trinajstić information content (AvgIpc) is 3.46. The second-order valence-corrected chi connectivity index (χ2v) is 8.09. The van der Waals surface area contributed by atoms with Gasteiger partial charge in [0, 0.05) is 5.56 Å². The lowest BCUT2D eigenvalue weighted by Gasteiger charge is -2.24. The predicted octanol–water partition coefficient (Wildman–Crippen LogP) is 4.22. The highest BCUT2D eigenvalue weighted by Crippen LogP contribution is 2.43. The topological polar surface area (TPSA) is 114 Å². The number of rotatable bonds is 6. The number of H-pyrrole nitrogens is 1. The first-order valence-electron chi connectivity index (χ1n) is 11.1. The van der Waals surface area contributed by atoms with Crippen LogP contribution in [0.15, 0.2) is 72.3 Å². The Hall–Kier alpha value is -4.79. The van der Waals surface area contributed by atoms with Crippen molar-refractivity contribution in [1.82, 2.24) is 9.97 Å². The number of nitrogens with one attached hydrogen (secondary N) is 1. The number of carbonyl (C=O) groups is 2. The van der Waals surface area contributed by atoms with E-state index in [1.807, 2.05) is 18.2 Å². The summed E-state index contributed by atoms with van der Waals surface area (Å²) in [5, 5.41) is 11.3. The summed E-state index contributed by atoms with van der Waals surface area (Å²) in [6, 6.07) is 18.0. The maximum absolute atomic E-state index is 13.4. The molecule has 182 valence electrons. The molecular weight excluding hydrogens is 462 g/mol. The van der Waals surface area contributed by atoms with Crippen molar-refractivity contribution in [3.63, 3.8) is 0 Å². The molecule has 0 saturated carbocycles. The highest BCUT2D eigenvalue weighted by molar-refractivity contribution is 6.51. The highest BCUT2D eigenvalue weighted by atomic mass is 16.5. The van der Waals surface area contributed by atoms with Gasteiger partial charge in [-0.1, -0.05) is 30.3 Å². The third-order valence-electron chi connectivity index (χ3n) is 6.12. The molecule has 1 aliphatic heterocycles. The third kappa shape index (κ3) is 3.70. The van der Waals surface area contributed by atoms with Crippen LogP contribution >= 0.6 is 0 Å². The predicted molar refractivity (Wildman–Crippen MR) is 133 cm³/mol. The summed E-state index contributed by atoms with van der Waals surface area (Å²) >= 11 is 0. The van der Waals surface area contributed by atoms with Crippen LogP contribution in [0.25, 0.3) is 16.8 Å². The minimum atomic E-state index is -0.989. The number of aliphatic hydroxyl groups is 1. The molecule has 1 aromatic heterocycles. The number of para-hydroxylation sites is 2. The van der Waals surface area contributed by atoms with Crippen molar-refractivity contribution in [2.75, 3.05) is 26.2 Å². The van der Waals surface area contributed by atoms with Crippen molar-refractivity contribution in [3.8, 4) is 17.2 Å². The number of fused-ring (bicyclic) bond motifs is 1. The van der Waals surface area contributed by atoms with Crippen LogP contribution in [-0.4, -0.2) is 48.1 Å². The Morgan fingerprint density at radius 2 is 1.69 bits per heavy atom. The molecule has 3 aromatic carbocycles. The molecule has 9 heteroatoms. The number of anilines is 1. The lowest BCUT2D eigenvalue weighted by atomic mass is 9.95. The maximum Gasteiger partial charge on any atom is 0.302 e. The largest absolute Gasteiger partial charge is 0.507 e. The van der Waals surface area contributed by atoms with Crippen LogP contribution in [-0.2, 0) is 9.59 Å². The SMILES string of the molecule is COc1cccc(/C(O)=C2\C(=O)C(=O)N(c3nc4ccccc4[nH]3)C2c2ccc(OC)c(OC)c2)c1. The van der Waals surface area contributed by atoms with Gasteiger partial charge in [-0.3, -0.25) is 14.5 Å². The maximum atomic E-state index is 13.4. The zero-order valence-corrected chi connectivity index (χ0v) is 19.8. The molecule has 4 aromatic rings. The fraction of sp³-hybridized carbons (Fsp3) is 0.148. The summed E-state index contributed by atoms with van der Waals surface area (Å²) in [7, 11) is 4.51. The standard InChI is InChI=1S/C27H23N3O6/c1-34-17-8-6-7-16(13-17)24(31)22-23(15-11-12-20(35-2)21(14-15)36-3)30(26(33)25(22)32)27-28-18-9-4-5-10-19(18)29-27/h4-14,23,31H,1-3H3,(H,28,29)/b24-22+. The van der Waals surface area contributed by atoms with Crippen LogP contribution in [0.2, 0.25) is 0 Å². The number of amides is 1. The summed E-state index contributed by atoms with van der Waals surface area (Å²) in [4.78, 5) is 35.7. The fourth-order valence-corrected chi connectivity index (χ4v) is 4.37. The van der Waals surface area contributed by atoms with Gasteiger partial charge in [-0.05, 0) is 42.0 Å². The number of imidazole rings is 1.